The molecular weight excluding hydrogens is 1100 g/mol. The topological polar surface area (TPSA) is 130 Å². The van der Waals surface area contributed by atoms with Gasteiger partial charge in [0.15, 0.2) is 0 Å². The van der Waals surface area contributed by atoms with Crippen LogP contribution in [0.25, 0.3) is 30.3 Å². The summed E-state index contributed by atoms with van der Waals surface area (Å²) >= 11 is 11.3. The van der Waals surface area contributed by atoms with Gasteiger partial charge in [-0.15, -0.1) is 34.0 Å². The molecule has 3 heterocycles. The Morgan fingerprint density at radius 1 is 0.478 bits per heavy atom. The van der Waals surface area contributed by atoms with Gasteiger partial charge in [-0.25, -0.2) is 29.6 Å². The minimum Gasteiger partial charge on any atom is -0.270 e. The maximum atomic E-state index is 13.5. The van der Waals surface area contributed by atoms with Crippen molar-refractivity contribution in [1.82, 2.24) is 0 Å². The van der Waals surface area contributed by atoms with E-state index in [0.717, 1.165) is 39.2 Å². The van der Waals surface area contributed by atoms with Crippen molar-refractivity contribution in [1.29, 1.82) is 0 Å². The number of nitrogens with one attached hydrogen (secondary N) is 2. The number of rotatable bonds is 11. The van der Waals surface area contributed by atoms with Crippen LogP contribution in [0.2, 0.25) is 0 Å². The van der Waals surface area contributed by atoms with E-state index in [-0.39, 0.29) is 27.0 Å². The molecule has 0 atom stereocenters. The lowest BCUT2D eigenvalue weighted by atomic mass is 10.2. The average molecular weight is 1130 g/mol. The first kappa shape index (κ1) is 48.0. The molecule has 0 radical (unpaired) electrons. The molecule has 0 spiro atoms. The lowest BCUT2D eigenvalue weighted by Gasteiger charge is -2.23. The van der Waals surface area contributed by atoms with Gasteiger partial charge >= 0.3 is 0 Å². The van der Waals surface area contributed by atoms with Crippen molar-refractivity contribution in [2.45, 2.75) is 21.2 Å². The Morgan fingerprint density at radius 3 is 1.48 bits per heavy atom. The zero-order valence-corrected chi connectivity index (χ0v) is 42.7. The van der Waals surface area contributed by atoms with E-state index >= 15 is 0 Å². The molecule has 340 valence electrons. The van der Waals surface area contributed by atoms with Crippen molar-refractivity contribution >= 4 is 141 Å². The van der Waals surface area contributed by atoms with Crippen LogP contribution in [0, 0.1) is 5.82 Å². The smallest absolute Gasteiger partial charge is 0.265 e. The van der Waals surface area contributed by atoms with Crippen LogP contribution in [0.1, 0.15) is 5.56 Å². The molecule has 0 bridgehead atoms. The second kappa shape index (κ2) is 20.8. The molecule has 0 aliphatic carbocycles. The van der Waals surface area contributed by atoms with Crippen molar-refractivity contribution in [2.75, 3.05) is 13.7 Å². The summed E-state index contributed by atoms with van der Waals surface area (Å²) < 4.78 is 100. The van der Waals surface area contributed by atoms with E-state index in [9.17, 15) is 29.6 Å². The third-order valence-electron chi connectivity index (χ3n) is 9.84. The zero-order valence-electron chi connectivity index (χ0n) is 34.7. The van der Waals surface area contributed by atoms with E-state index in [1.165, 1.54) is 50.4 Å². The van der Waals surface area contributed by atoms with Crippen LogP contribution in [-0.2, 0) is 36.6 Å². The Labute approximate surface area is 416 Å². The standard InChI is InChI=1S/C21H15BrFNO2S2.C14H10BrNO2S2.C14H11NO2S2/c22-20-18-8-4-5-9-19(18)27-21(20)24(14-15-10-12-16(23)13-11-15)28(25,26)17-6-2-1-3-7-17;15-13-11-8-4-5-9-12(11)19-14(13)16-20(17,18)10-6-2-1-3-7-10;16-19(17,12-7-2-1-3-8-12)15-14-10-11-6-4-5-9-13(11)18-14/h1-13H,14H2;1-9,16H;1-10,15H. The Bertz CT molecular complexity index is 3620. The largest absolute Gasteiger partial charge is 0.270 e. The summed E-state index contributed by atoms with van der Waals surface area (Å²) in [6, 6.07) is 56.1. The third-order valence-corrected chi connectivity index (χ3v) is 20.2. The van der Waals surface area contributed by atoms with Gasteiger partial charge in [0, 0.05) is 24.9 Å². The van der Waals surface area contributed by atoms with Crippen LogP contribution in [0.3, 0.4) is 0 Å². The van der Waals surface area contributed by atoms with E-state index < -0.39 is 30.1 Å². The van der Waals surface area contributed by atoms with Gasteiger partial charge in [-0.05, 0) is 116 Å². The number of anilines is 3. The van der Waals surface area contributed by atoms with E-state index in [2.05, 4.69) is 41.3 Å². The summed E-state index contributed by atoms with van der Waals surface area (Å²) in [5.41, 5.74) is 0.699. The molecular formula is C49H36Br2FN3O6S6. The molecule has 0 aliphatic rings. The number of nitrogens with zero attached hydrogens (tertiary/aromatic N) is 1. The summed E-state index contributed by atoms with van der Waals surface area (Å²) in [5.74, 6) is -0.357. The number of halogens is 3. The summed E-state index contributed by atoms with van der Waals surface area (Å²) in [7, 11) is -10.9. The van der Waals surface area contributed by atoms with Gasteiger partial charge in [-0.1, -0.05) is 121 Å². The molecule has 0 amide bonds. The Hall–Kier alpha value is -5.44. The number of hydrogen-bond acceptors (Lipinski definition) is 9. The second-order valence-electron chi connectivity index (χ2n) is 14.4. The molecule has 0 aliphatic heterocycles. The molecule has 7 aromatic carbocycles. The fourth-order valence-corrected chi connectivity index (χ4v) is 16.0. The molecule has 9 nitrogen and oxygen atoms in total. The van der Waals surface area contributed by atoms with Gasteiger partial charge < -0.3 is 0 Å². The zero-order chi connectivity index (χ0) is 47.2. The molecule has 10 rings (SSSR count). The first-order valence-corrected chi connectivity index (χ1v) is 28.4. The number of sulfonamides is 3. The van der Waals surface area contributed by atoms with Crippen molar-refractivity contribution in [3.63, 3.8) is 0 Å². The molecule has 67 heavy (non-hydrogen) atoms. The van der Waals surface area contributed by atoms with Gasteiger partial charge in [-0.3, -0.25) is 13.7 Å². The van der Waals surface area contributed by atoms with Gasteiger partial charge in [0.1, 0.15) is 20.8 Å². The van der Waals surface area contributed by atoms with Gasteiger partial charge in [-0.2, -0.15) is 0 Å². The summed E-state index contributed by atoms with van der Waals surface area (Å²) in [4.78, 5) is 0.735. The van der Waals surface area contributed by atoms with Crippen LogP contribution >= 0.6 is 65.9 Å². The Kier molecular flexibility index (Phi) is 14.9. The van der Waals surface area contributed by atoms with Crippen molar-refractivity contribution < 1.29 is 29.6 Å². The highest BCUT2D eigenvalue weighted by atomic mass is 79.9. The van der Waals surface area contributed by atoms with E-state index in [1.807, 2.05) is 78.9 Å². The fourth-order valence-electron chi connectivity index (χ4n) is 6.59. The van der Waals surface area contributed by atoms with Gasteiger partial charge in [0.2, 0.25) is 0 Å². The van der Waals surface area contributed by atoms with Crippen molar-refractivity contribution in [3.05, 3.63) is 214 Å². The third kappa shape index (κ3) is 11.3. The fraction of sp³-hybridized carbons (Fsp3) is 0.0204. The van der Waals surface area contributed by atoms with Crippen LogP contribution in [0.5, 0.6) is 0 Å². The molecule has 18 heteroatoms. The van der Waals surface area contributed by atoms with Crippen LogP contribution < -0.4 is 13.7 Å². The summed E-state index contributed by atoms with van der Waals surface area (Å²) in [6.45, 7) is 0.100. The number of thiophene rings is 3. The van der Waals surface area contributed by atoms with Gasteiger partial charge in [0.25, 0.3) is 30.1 Å². The highest BCUT2D eigenvalue weighted by Gasteiger charge is 2.29. The lowest BCUT2D eigenvalue weighted by Crippen LogP contribution is -2.30. The predicted octanol–water partition coefficient (Wildman–Crippen LogP) is 14.4. The Balaban J connectivity index is 0.000000140. The molecule has 2 N–H and O–H groups in total. The van der Waals surface area contributed by atoms with Gasteiger partial charge in [0.05, 0.1) is 30.2 Å². The number of hydrogen-bond donors (Lipinski definition) is 2. The molecule has 0 fully saturated rings. The second-order valence-corrected chi connectivity index (χ2v) is 24.4. The lowest BCUT2D eigenvalue weighted by molar-refractivity contribution is 0.590. The van der Waals surface area contributed by atoms with E-state index in [0.29, 0.717) is 20.6 Å². The molecule has 3 aromatic heterocycles. The normalized spacial score (nSPS) is 11.6. The van der Waals surface area contributed by atoms with E-state index in [4.69, 9.17) is 0 Å². The Morgan fingerprint density at radius 2 is 0.940 bits per heavy atom. The SMILES string of the molecule is O=S(=O)(Nc1cc2ccccc2s1)c1ccccc1.O=S(=O)(Nc1sc2ccccc2c1Br)c1ccccc1.O=S(=O)(c1ccccc1)N(Cc1ccc(F)cc1)c1sc2ccccc2c1Br. The maximum absolute atomic E-state index is 13.5. The predicted molar refractivity (Wildman–Crippen MR) is 282 cm³/mol. The average Bonchev–Trinajstić information content (AvgIpc) is 4.01. The molecule has 0 saturated heterocycles. The number of benzene rings is 7. The summed E-state index contributed by atoms with van der Waals surface area (Å²) in [5, 5.41) is 4.81. The van der Waals surface area contributed by atoms with Crippen molar-refractivity contribution in [3.8, 4) is 0 Å². The van der Waals surface area contributed by atoms with Crippen LogP contribution in [0.4, 0.5) is 19.4 Å². The minimum atomic E-state index is -3.81. The van der Waals surface area contributed by atoms with Crippen LogP contribution in [-0.4, -0.2) is 25.3 Å². The maximum Gasteiger partial charge on any atom is 0.265 e. The first-order chi connectivity index (χ1) is 32.2. The van der Waals surface area contributed by atoms with Crippen molar-refractivity contribution in [2.24, 2.45) is 0 Å². The quantitative estimate of drug-likeness (QED) is 0.133. The monoisotopic (exact) mass is 1130 g/mol. The molecule has 0 saturated carbocycles. The van der Waals surface area contributed by atoms with Crippen LogP contribution in [0.15, 0.2) is 218 Å². The molecule has 0 unspecified atom stereocenters. The first-order valence-electron chi connectivity index (χ1n) is 20.0. The molecule has 10 aromatic rings. The highest BCUT2D eigenvalue weighted by Crippen LogP contribution is 2.45. The highest BCUT2D eigenvalue weighted by molar-refractivity contribution is 9.11. The van der Waals surface area contributed by atoms with E-state index in [1.54, 1.807) is 103 Å². The minimum absolute atomic E-state index is 0.100. The number of fused-ring (bicyclic) bond motifs is 3. The summed E-state index contributed by atoms with van der Waals surface area (Å²) in [6.07, 6.45) is 0.